The van der Waals surface area contributed by atoms with Crippen LogP contribution in [-0.4, -0.2) is 134 Å². The van der Waals surface area contributed by atoms with Crippen LogP contribution < -0.4 is 25.0 Å². The zero-order valence-corrected chi connectivity index (χ0v) is 44.8. The quantitative estimate of drug-likeness (QED) is 0.0677. The van der Waals surface area contributed by atoms with E-state index in [4.69, 9.17) is 30.6 Å². The van der Waals surface area contributed by atoms with Crippen molar-refractivity contribution in [2.24, 2.45) is 11.8 Å². The molecule has 4 aliphatic rings. The van der Waals surface area contributed by atoms with Crippen molar-refractivity contribution in [2.45, 2.75) is 116 Å². The Morgan fingerprint density at radius 2 is 1.73 bits per heavy atom. The topological polar surface area (TPSA) is 204 Å². The van der Waals surface area contributed by atoms with E-state index in [1.54, 1.807) is 23.6 Å². The summed E-state index contributed by atoms with van der Waals surface area (Å²) in [7, 11) is 0. The largest absolute Gasteiger partial charge is 0.508 e. The molecule has 2 amide bonds. The highest BCUT2D eigenvalue weighted by molar-refractivity contribution is 7.13. The van der Waals surface area contributed by atoms with Crippen molar-refractivity contribution < 1.29 is 38.2 Å². The number of phenolic OH excluding ortho intramolecular Hbond substituents is 1. The highest BCUT2D eigenvalue weighted by Gasteiger charge is 2.44. The Balaban J connectivity index is 0.737. The molecule has 4 saturated heterocycles. The summed E-state index contributed by atoms with van der Waals surface area (Å²) in [6.07, 6.45) is 4.77. The van der Waals surface area contributed by atoms with Crippen molar-refractivity contribution in [2.75, 3.05) is 57.4 Å². The van der Waals surface area contributed by atoms with E-state index in [9.17, 15) is 19.8 Å². The van der Waals surface area contributed by atoms with E-state index in [1.807, 2.05) is 71.3 Å². The zero-order valence-electron chi connectivity index (χ0n) is 43.3. The van der Waals surface area contributed by atoms with Crippen LogP contribution in [0.2, 0.25) is 5.02 Å². The van der Waals surface area contributed by atoms with Gasteiger partial charge in [-0.1, -0.05) is 63.6 Å². The number of phenols is 1. The number of halogens is 2. The summed E-state index contributed by atoms with van der Waals surface area (Å²) in [5.41, 5.74) is 6.01. The molecule has 4 fully saturated rings. The molecule has 75 heavy (non-hydrogen) atoms. The summed E-state index contributed by atoms with van der Waals surface area (Å²) in [5.74, 6) is -0.910. The first-order valence-corrected chi connectivity index (χ1v) is 27.5. The number of aromatic hydroxyl groups is 1. The number of rotatable bonds is 17. The number of amides is 2. The number of hydrogen-bond donors (Lipinski definition) is 4. The lowest BCUT2D eigenvalue weighted by Crippen LogP contribution is -2.51. The van der Waals surface area contributed by atoms with E-state index in [2.05, 4.69) is 40.5 Å². The first-order chi connectivity index (χ1) is 36.1. The summed E-state index contributed by atoms with van der Waals surface area (Å²) in [5, 5.41) is 33.0. The predicted octanol–water partition coefficient (Wildman–Crippen LogP) is 8.42. The third-order valence-electron chi connectivity index (χ3n) is 15.3. The Morgan fingerprint density at radius 3 is 2.43 bits per heavy atom. The number of aryl methyl sites for hydroxylation is 1. The molecule has 20 heteroatoms. The number of ether oxygens (including phenoxy) is 2. The molecule has 4 aliphatic heterocycles. The van der Waals surface area contributed by atoms with Crippen LogP contribution in [0.3, 0.4) is 0 Å². The minimum Gasteiger partial charge on any atom is -0.508 e. The van der Waals surface area contributed by atoms with Crippen LogP contribution in [0, 0.1) is 24.6 Å². The minimum atomic E-state index is -0.850. The molecule has 398 valence electrons. The Kier molecular flexibility index (Phi) is 15.6. The van der Waals surface area contributed by atoms with Gasteiger partial charge in [-0.3, -0.25) is 19.5 Å². The maximum atomic E-state index is 16.9. The fraction of sp³-hybridized carbons (Fsp3) is 0.509. The monoisotopic (exact) mass is 1060 g/mol. The second kappa shape index (κ2) is 22.3. The first-order valence-electron chi connectivity index (χ1n) is 26.2. The Morgan fingerprint density at radius 1 is 0.987 bits per heavy atom. The number of β-amino-alcohol motifs (C(OH)–C–C–N with tert-alkyl or cyclic N) is 1. The molecule has 0 spiro atoms. The lowest BCUT2D eigenvalue weighted by molar-refractivity contribution is -0.141. The van der Waals surface area contributed by atoms with Crippen LogP contribution in [0.1, 0.15) is 107 Å². The van der Waals surface area contributed by atoms with Gasteiger partial charge in [0.05, 0.1) is 40.2 Å². The number of nitrogens with zero attached hydrogens (tertiary/aromatic N) is 8. The first kappa shape index (κ1) is 52.5. The number of thiazole rings is 1. The number of aliphatic hydroxyl groups is 1. The molecule has 2 unspecified atom stereocenters. The standard InChI is InChI=1S/C55H66ClFN10O7S/c1-29(2)46-40(19-38(68)20-42(46)56)49-48(57)50-41(23-58-49)52(66-24-36-11-12-37(25-66)61-36)63-55(62-50)72-18-17-65-15-13-33(14-16-65)27-73-45-22-44(74-64-45)47(30(3)4)54(71)67-26-39(69)21-43(67)53(70)60-31(5)34-7-9-35(10-8-34)51-32(6)59-28-75-51/h7-10,19-20,22-23,28-31,33,36-37,39,43,47,61,68-69H,11-18,21,24-27H2,1-6H3,(H,60,70)/t31-,36?,37?,39+,43-,47+/m0/s1. The lowest BCUT2D eigenvalue weighted by atomic mass is 9.91. The molecular weight excluding hydrogens is 999 g/mol. The van der Waals surface area contributed by atoms with Gasteiger partial charge in [-0.15, -0.1) is 11.3 Å². The number of aliphatic hydroxyl groups excluding tert-OH is 1. The smallest absolute Gasteiger partial charge is 0.319 e. The molecule has 4 aromatic heterocycles. The summed E-state index contributed by atoms with van der Waals surface area (Å²) in [6.45, 7) is 16.0. The Bertz CT molecular complexity index is 3010. The van der Waals surface area contributed by atoms with Crippen molar-refractivity contribution in [1.29, 1.82) is 0 Å². The molecule has 17 nitrogen and oxygen atoms in total. The van der Waals surface area contributed by atoms with Crippen molar-refractivity contribution in [3.05, 3.63) is 87.6 Å². The van der Waals surface area contributed by atoms with Gasteiger partial charge in [-0.25, -0.2) is 9.37 Å². The van der Waals surface area contributed by atoms with Crippen molar-refractivity contribution in [1.82, 2.24) is 45.5 Å². The molecule has 0 saturated carbocycles. The average molecular weight is 1070 g/mol. The molecule has 6 aromatic rings. The van der Waals surface area contributed by atoms with Gasteiger partial charge >= 0.3 is 6.01 Å². The molecular formula is C55H66ClFN10O7S. The number of likely N-dealkylation sites (tertiary alicyclic amines) is 2. The van der Waals surface area contributed by atoms with Crippen LogP contribution in [-0.2, 0) is 9.59 Å². The molecule has 2 aromatic carbocycles. The number of carbonyl (C=O) groups is 2. The van der Waals surface area contributed by atoms with E-state index in [0.29, 0.717) is 65.0 Å². The highest BCUT2D eigenvalue weighted by atomic mass is 35.5. The number of anilines is 1. The van der Waals surface area contributed by atoms with E-state index < -0.39 is 23.9 Å². The third kappa shape index (κ3) is 11.3. The highest BCUT2D eigenvalue weighted by Crippen LogP contribution is 2.41. The number of carbonyl (C=O) groups excluding carboxylic acids is 2. The Labute approximate surface area is 445 Å². The number of piperazine rings is 1. The van der Waals surface area contributed by atoms with Crippen LogP contribution in [0.5, 0.6) is 17.6 Å². The maximum absolute atomic E-state index is 16.9. The minimum absolute atomic E-state index is 0.0340. The van der Waals surface area contributed by atoms with Gasteiger partial charge in [-0.05, 0) is 104 Å². The van der Waals surface area contributed by atoms with Crippen LogP contribution >= 0.6 is 22.9 Å². The fourth-order valence-corrected chi connectivity index (χ4v) is 12.6. The molecule has 6 atom stereocenters. The number of benzene rings is 2. The summed E-state index contributed by atoms with van der Waals surface area (Å²) >= 11 is 8.17. The van der Waals surface area contributed by atoms with Crippen molar-refractivity contribution in [3.63, 3.8) is 0 Å². The Hall–Kier alpha value is -5.99. The van der Waals surface area contributed by atoms with Crippen molar-refractivity contribution >= 4 is 51.5 Å². The molecule has 4 N–H and O–H groups in total. The summed E-state index contributed by atoms with van der Waals surface area (Å²) in [6, 6.07) is 12.2. The van der Waals surface area contributed by atoms with Gasteiger partial charge in [0.2, 0.25) is 11.8 Å². The number of piperidine rings is 1. The van der Waals surface area contributed by atoms with Gasteiger partial charge in [-0.2, -0.15) is 9.97 Å². The van der Waals surface area contributed by atoms with Gasteiger partial charge in [0.25, 0.3) is 5.88 Å². The number of aromatic nitrogens is 5. The summed E-state index contributed by atoms with van der Waals surface area (Å²) in [4.78, 5) is 53.6. The summed E-state index contributed by atoms with van der Waals surface area (Å²) < 4.78 is 35.0. The van der Waals surface area contributed by atoms with Crippen LogP contribution in [0.4, 0.5) is 10.2 Å². The van der Waals surface area contributed by atoms with E-state index in [-0.39, 0.29) is 77.4 Å². The SMILES string of the molecule is Cc1ncsc1-c1ccc([C@H](C)NC(=O)[C@@H]2C[C@@H](O)CN2C(=O)[C@@H](c2cc(OCC3CCN(CCOc4nc(N5CC6CCC(C5)N6)c5cnc(-c6cc(O)cc(Cl)c6C(C)C)c(F)c5n4)CC3)no2)C(C)C)cc1. The van der Waals surface area contributed by atoms with Gasteiger partial charge < -0.3 is 44.6 Å². The second-order valence-electron chi connectivity index (χ2n) is 21.3. The molecule has 0 aliphatic carbocycles. The second-order valence-corrected chi connectivity index (χ2v) is 22.6. The van der Waals surface area contributed by atoms with E-state index in [0.717, 1.165) is 73.6 Å². The molecule has 10 rings (SSSR count). The third-order valence-corrected chi connectivity index (χ3v) is 16.6. The number of hydrogen-bond acceptors (Lipinski definition) is 16. The molecule has 2 bridgehead atoms. The van der Waals surface area contributed by atoms with Gasteiger partial charge in [0, 0.05) is 67.5 Å². The van der Waals surface area contributed by atoms with Gasteiger partial charge in [0.15, 0.2) is 11.6 Å². The predicted molar refractivity (Wildman–Crippen MR) is 285 cm³/mol. The maximum Gasteiger partial charge on any atom is 0.319 e. The normalized spacial score (nSPS) is 21.1. The number of pyridine rings is 1. The van der Waals surface area contributed by atoms with Crippen LogP contribution in [0.15, 0.2) is 58.7 Å². The fourth-order valence-electron chi connectivity index (χ4n) is 11.3. The van der Waals surface area contributed by atoms with Gasteiger partial charge in [0.1, 0.15) is 41.3 Å². The average Bonchev–Trinajstić information content (AvgIpc) is 4.21. The van der Waals surface area contributed by atoms with Crippen LogP contribution in [0.25, 0.3) is 32.6 Å². The number of nitrogens with one attached hydrogen (secondary N) is 2. The molecule has 8 heterocycles. The van der Waals surface area contributed by atoms with Crippen molar-refractivity contribution in [3.8, 4) is 39.3 Å². The van der Waals surface area contributed by atoms with E-state index in [1.165, 1.54) is 17.0 Å². The zero-order chi connectivity index (χ0) is 52.7. The van der Waals surface area contributed by atoms with E-state index >= 15 is 4.39 Å². The lowest BCUT2D eigenvalue weighted by Gasteiger charge is -2.34. The number of fused-ring (bicyclic) bond motifs is 3. The molecule has 0 radical (unpaired) electrons.